The van der Waals surface area contributed by atoms with Gasteiger partial charge in [-0.15, -0.1) is 5.10 Å². The summed E-state index contributed by atoms with van der Waals surface area (Å²) in [6.07, 6.45) is 2.76. The highest BCUT2D eigenvalue weighted by molar-refractivity contribution is 6.30. The number of hydrogen-bond donors (Lipinski definition) is 1. The van der Waals surface area contributed by atoms with Crippen LogP contribution in [-0.2, 0) is 4.79 Å². The van der Waals surface area contributed by atoms with E-state index >= 15 is 0 Å². The van der Waals surface area contributed by atoms with Crippen molar-refractivity contribution < 1.29 is 14.1 Å². The first kappa shape index (κ1) is 17.3. The molecule has 0 aliphatic carbocycles. The van der Waals surface area contributed by atoms with Crippen LogP contribution in [0.15, 0.2) is 59.0 Å². The van der Waals surface area contributed by atoms with Crippen molar-refractivity contribution in [2.45, 2.75) is 0 Å². The maximum Gasteiger partial charge on any atom is 0.322 e. The number of carbonyl (C=O) groups is 1. The lowest BCUT2D eigenvalue weighted by Gasteiger charge is -1.96. The van der Waals surface area contributed by atoms with Crippen molar-refractivity contribution in [3.8, 4) is 11.5 Å². The van der Waals surface area contributed by atoms with Gasteiger partial charge in [0.1, 0.15) is 0 Å². The summed E-state index contributed by atoms with van der Waals surface area (Å²) in [6.45, 7) is 0. The minimum Gasteiger partial charge on any atom is -0.403 e. The molecule has 0 aliphatic rings. The molecule has 1 amide bonds. The summed E-state index contributed by atoms with van der Waals surface area (Å²) in [7, 11) is 0. The molecule has 0 unspecified atom stereocenters. The predicted octanol–water partition coefficient (Wildman–Crippen LogP) is 3.95. The molecule has 1 aromatic heterocycles. The van der Waals surface area contributed by atoms with Crippen molar-refractivity contribution in [1.29, 1.82) is 0 Å². The number of benzene rings is 2. The molecular weight excluding hydrogens is 360 g/mol. The number of aromatic nitrogens is 2. The summed E-state index contributed by atoms with van der Waals surface area (Å²) in [6, 6.07) is 12.6. The van der Waals surface area contributed by atoms with E-state index in [1.165, 1.54) is 36.4 Å². The lowest BCUT2D eigenvalue weighted by molar-refractivity contribution is -0.384. The van der Waals surface area contributed by atoms with Crippen LogP contribution in [0.25, 0.3) is 17.5 Å². The number of nitrogens with one attached hydrogen (secondary N) is 1. The SMILES string of the molecule is O=C(C=Cc1ccc([N+](=O)[O-])cc1)Nc1nnc(-c2cccc(Cl)c2)o1. The Bertz CT molecular complexity index is 982. The Morgan fingerprint density at radius 3 is 2.65 bits per heavy atom. The Morgan fingerprint density at radius 1 is 1.19 bits per heavy atom. The molecule has 0 radical (unpaired) electrons. The predicted molar refractivity (Wildman–Crippen MR) is 95.5 cm³/mol. The van der Waals surface area contributed by atoms with Crippen molar-refractivity contribution in [2.24, 2.45) is 0 Å². The van der Waals surface area contributed by atoms with Crippen LogP contribution in [0.3, 0.4) is 0 Å². The highest BCUT2D eigenvalue weighted by Crippen LogP contribution is 2.22. The highest BCUT2D eigenvalue weighted by Gasteiger charge is 2.10. The van der Waals surface area contributed by atoms with Gasteiger partial charge in [0.2, 0.25) is 5.89 Å². The molecule has 0 fully saturated rings. The number of halogens is 1. The van der Waals surface area contributed by atoms with Crippen LogP contribution in [0.4, 0.5) is 11.7 Å². The molecule has 26 heavy (non-hydrogen) atoms. The zero-order valence-electron chi connectivity index (χ0n) is 13.1. The largest absolute Gasteiger partial charge is 0.403 e. The number of amides is 1. The number of nitro groups is 1. The second-order valence-electron chi connectivity index (χ2n) is 5.09. The highest BCUT2D eigenvalue weighted by atomic mass is 35.5. The van der Waals surface area contributed by atoms with Crippen molar-refractivity contribution in [1.82, 2.24) is 10.2 Å². The fourth-order valence-electron chi connectivity index (χ4n) is 2.04. The van der Waals surface area contributed by atoms with Gasteiger partial charge in [0, 0.05) is 28.8 Å². The first-order chi connectivity index (χ1) is 12.5. The van der Waals surface area contributed by atoms with Gasteiger partial charge in [0.25, 0.3) is 11.6 Å². The minimum absolute atomic E-state index is 0.0222. The van der Waals surface area contributed by atoms with Gasteiger partial charge in [0.15, 0.2) is 0 Å². The van der Waals surface area contributed by atoms with Crippen LogP contribution < -0.4 is 5.32 Å². The molecule has 3 rings (SSSR count). The van der Waals surface area contributed by atoms with E-state index in [2.05, 4.69) is 15.5 Å². The normalized spacial score (nSPS) is 10.8. The molecular formula is C17H11ClN4O4. The summed E-state index contributed by atoms with van der Waals surface area (Å²) in [5, 5.41) is 21.2. The van der Waals surface area contributed by atoms with Gasteiger partial charge in [-0.1, -0.05) is 22.8 Å². The van der Waals surface area contributed by atoms with Crippen LogP contribution in [0, 0.1) is 10.1 Å². The Kier molecular flexibility index (Phi) is 5.04. The number of carbonyl (C=O) groups excluding carboxylic acids is 1. The van der Waals surface area contributed by atoms with E-state index in [4.69, 9.17) is 16.0 Å². The third-order valence-electron chi connectivity index (χ3n) is 3.26. The molecule has 0 spiro atoms. The van der Waals surface area contributed by atoms with Crippen molar-refractivity contribution >= 4 is 35.3 Å². The Balaban J connectivity index is 1.64. The van der Waals surface area contributed by atoms with Gasteiger partial charge >= 0.3 is 6.01 Å². The first-order valence-electron chi connectivity index (χ1n) is 7.34. The molecule has 130 valence electrons. The molecule has 3 aromatic rings. The van der Waals surface area contributed by atoms with E-state index in [0.717, 1.165) is 0 Å². The fraction of sp³-hybridized carbons (Fsp3) is 0. The van der Waals surface area contributed by atoms with Crippen molar-refractivity contribution in [2.75, 3.05) is 5.32 Å². The third-order valence-corrected chi connectivity index (χ3v) is 3.49. The summed E-state index contributed by atoms with van der Waals surface area (Å²) in [4.78, 5) is 22.0. The summed E-state index contributed by atoms with van der Waals surface area (Å²) >= 11 is 5.91. The van der Waals surface area contributed by atoms with Crippen LogP contribution >= 0.6 is 11.6 Å². The average molecular weight is 371 g/mol. The number of non-ortho nitro benzene ring substituents is 1. The van der Waals surface area contributed by atoms with Crippen molar-refractivity contribution in [3.05, 3.63) is 75.3 Å². The molecule has 0 saturated heterocycles. The molecule has 8 nitrogen and oxygen atoms in total. The zero-order valence-corrected chi connectivity index (χ0v) is 13.9. The lowest BCUT2D eigenvalue weighted by atomic mass is 10.2. The molecule has 0 aliphatic heterocycles. The number of anilines is 1. The molecule has 1 N–H and O–H groups in total. The summed E-state index contributed by atoms with van der Waals surface area (Å²) in [5.41, 5.74) is 1.24. The summed E-state index contributed by atoms with van der Waals surface area (Å²) in [5.74, 6) is -0.258. The van der Waals surface area contributed by atoms with E-state index < -0.39 is 10.8 Å². The van der Waals surface area contributed by atoms with Crippen LogP contribution in [0.1, 0.15) is 5.56 Å². The van der Waals surface area contributed by atoms with Gasteiger partial charge in [-0.25, -0.2) is 0 Å². The molecule has 2 aromatic carbocycles. The Labute approximate surface area is 152 Å². The van der Waals surface area contributed by atoms with Gasteiger partial charge in [-0.2, -0.15) is 0 Å². The van der Waals surface area contributed by atoms with E-state index in [1.807, 2.05) is 0 Å². The third kappa shape index (κ3) is 4.31. The van der Waals surface area contributed by atoms with Gasteiger partial charge in [-0.3, -0.25) is 20.2 Å². The number of nitro benzene ring substituents is 1. The number of rotatable bonds is 5. The molecule has 0 saturated carbocycles. The molecule has 0 atom stereocenters. The lowest BCUT2D eigenvalue weighted by Crippen LogP contribution is -2.07. The Hall–Kier alpha value is -3.52. The smallest absolute Gasteiger partial charge is 0.322 e. The van der Waals surface area contributed by atoms with Gasteiger partial charge in [0.05, 0.1) is 4.92 Å². The molecule has 9 heteroatoms. The van der Waals surface area contributed by atoms with Crippen LogP contribution in [0.5, 0.6) is 0 Å². The first-order valence-corrected chi connectivity index (χ1v) is 7.72. The van der Waals surface area contributed by atoms with E-state index in [9.17, 15) is 14.9 Å². The average Bonchev–Trinajstić information content (AvgIpc) is 3.09. The quantitative estimate of drug-likeness (QED) is 0.413. The van der Waals surface area contributed by atoms with Gasteiger partial charge < -0.3 is 4.42 Å². The molecule has 1 heterocycles. The standard InChI is InChI=1S/C17H11ClN4O4/c18-13-3-1-2-12(10-13)16-20-21-17(26-16)19-15(23)9-6-11-4-7-14(8-5-11)22(24)25/h1-10H,(H,19,21,23). The van der Waals surface area contributed by atoms with Gasteiger partial charge in [-0.05, 0) is 42.0 Å². The minimum atomic E-state index is -0.493. The Morgan fingerprint density at radius 2 is 1.96 bits per heavy atom. The topological polar surface area (TPSA) is 111 Å². The molecule has 0 bridgehead atoms. The number of nitrogens with zero attached hydrogens (tertiary/aromatic N) is 3. The zero-order chi connectivity index (χ0) is 18.5. The monoisotopic (exact) mass is 370 g/mol. The second-order valence-corrected chi connectivity index (χ2v) is 5.53. The maximum absolute atomic E-state index is 11.9. The summed E-state index contributed by atoms with van der Waals surface area (Å²) < 4.78 is 5.37. The van der Waals surface area contributed by atoms with E-state index in [-0.39, 0.29) is 17.6 Å². The number of hydrogen-bond acceptors (Lipinski definition) is 6. The van der Waals surface area contributed by atoms with E-state index in [0.29, 0.717) is 16.1 Å². The fourth-order valence-corrected chi connectivity index (χ4v) is 2.23. The van der Waals surface area contributed by atoms with Crippen LogP contribution in [-0.4, -0.2) is 21.0 Å². The maximum atomic E-state index is 11.9. The van der Waals surface area contributed by atoms with Crippen molar-refractivity contribution in [3.63, 3.8) is 0 Å². The van der Waals surface area contributed by atoms with E-state index in [1.54, 1.807) is 24.3 Å². The second kappa shape index (κ2) is 7.58. The van der Waals surface area contributed by atoms with Crippen LogP contribution in [0.2, 0.25) is 5.02 Å².